The summed E-state index contributed by atoms with van der Waals surface area (Å²) in [7, 11) is 0. The normalized spacial score (nSPS) is 11.0. The van der Waals surface area contributed by atoms with Crippen LogP contribution < -0.4 is 0 Å². The predicted octanol–water partition coefficient (Wildman–Crippen LogP) is 2.65. The average Bonchev–Trinajstić information content (AvgIpc) is 2.78. The van der Waals surface area contributed by atoms with Gasteiger partial charge in [0.1, 0.15) is 17.3 Å². The summed E-state index contributed by atoms with van der Waals surface area (Å²) >= 11 is 0. The Morgan fingerprint density at radius 2 is 1.90 bits per heavy atom. The Morgan fingerprint density at radius 3 is 2.38 bits per heavy atom. The number of phenols is 1. The lowest BCUT2D eigenvalue weighted by Crippen LogP contribution is -2.08. The summed E-state index contributed by atoms with van der Waals surface area (Å²) in [6, 6.07) is 5.00. The zero-order valence-electron chi connectivity index (χ0n) is 10.6. The molecule has 106 valence electrons. The lowest BCUT2D eigenvalue weighted by atomic mass is 10.1. The third-order valence-corrected chi connectivity index (χ3v) is 2.77. The summed E-state index contributed by atoms with van der Waals surface area (Å²) in [6.07, 6.45) is -3.51. The first-order valence-corrected chi connectivity index (χ1v) is 5.59. The highest BCUT2D eigenvalue weighted by Gasteiger charge is 2.36. The average molecular weight is 292 g/mol. The van der Waals surface area contributed by atoms with Crippen molar-refractivity contribution >= 4 is 0 Å². The van der Waals surface area contributed by atoms with Gasteiger partial charge in [-0.25, -0.2) is 4.68 Å². The lowest BCUT2D eigenvalue weighted by molar-refractivity contribution is -0.138. The fraction of sp³-hybridized carbons (Fsp3) is 0.154. The van der Waals surface area contributed by atoms with Crippen molar-refractivity contribution in [3.05, 3.63) is 40.7 Å². The molecule has 5 nitrogen and oxygen atoms in total. The molecule has 0 radical (unpaired) electrons. The molecule has 0 aliphatic rings. The van der Waals surface area contributed by atoms with Crippen molar-refractivity contribution < 1.29 is 18.3 Å². The summed E-state index contributed by atoms with van der Waals surface area (Å²) in [5, 5.41) is 31.2. The van der Waals surface area contributed by atoms with Crippen molar-refractivity contribution in [1.82, 2.24) is 9.78 Å². The molecule has 2 rings (SSSR count). The number of rotatable bonds is 1. The van der Waals surface area contributed by atoms with Gasteiger partial charge in [0.25, 0.3) is 0 Å². The summed E-state index contributed by atoms with van der Waals surface area (Å²) in [5.41, 5.74) is -1.46. The Bertz CT molecular complexity index is 793. The van der Waals surface area contributed by atoms with E-state index in [0.717, 1.165) is 10.7 Å². The van der Waals surface area contributed by atoms with E-state index in [2.05, 4.69) is 5.10 Å². The van der Waals surface area contributed by atoms with Crippen LogP contribution in [0.3, 0.4) is 0 Å². The van der Waals surface area contributed by atoms with Gasteiger partial charge in [0.2, 0.25) is 0 Å². The van der Waals surface area contributed by atoms with E-state index in [-0.39, 0.29) is 16.9 Å². The van der Waals surface area contributed by atoms with E-state index in [1.165, 1.54) is 6.20 Å². The number of phenolic OH excluding ortho intramolecular Hbond substituents is 1. The van der Waals surface area contributed by atoms with Gasteiger partial charge in [-0.05, 0) is 19.1 Å². The van der Waals surface area contributed by atoms with Crippen molar-refractivity contribution in [3.8, 4) is 23.6 Å². The molecule has 0 fully saturated rings. The zero-order chi connectivity index (χ0) is 15.8. The third kappa shape index (κ3) is 2.51. The fourth-order valence-corrected chi connectivity index (χ4v) is 1.77. The molecular formula is C13H7F3N4O. The quantitative estimate of drug-likeness (QED) is 0.875. The molecule has 0 amide bonds. The molecule has 1 aromatic carbocycles. The second-order valence-electron chi connectivity index (χ2n) is 4.22. The summed E-state index contributed by atoms with van der Waals surface area (Å²) in [5.74, 6) is -1.05. The Hall–Kier alpha value is -3.00. The summed E-state index contributed by atoms with van der Waals surface area (Å²) in [6.45, 7) is 1.55. The number of alkyl halides is 3. The van der Waals surface area contributed by atoms with Crippen molar-refractivity contribution in [3.63, 3.8) is 0 Å². The van der Waals surface area contributed by atoms with Crippen LogP contribution in [0.15, 0.2) is 18.3 Å². The second-order valence-corrected chi connectivity index (χ2v) is 4.22. The molecule has 0 unspecified atom stereocenters. The summed E-state index contributed by atoms with van der Waals surface area (Å²) < 4.78 is 39.5. The number of aryl methyl sites for hydroxylation is 1. The van der Waals surface area contributed by atoms with Crippen molar-refractivity contribution in [2.24, 2.45) is 0 Å². The van der Waals surface area contributed by atoms with Crippen LogP contribution in [0.2, 0.25) is 0 Å². The van der Waals surface area contributed by atoms with Gasteiger partial charge in [-0.1, -0.05) is 0 Å². The zero-order valence-corrected chi connectivity index (χ0v) is 10.6. The maximum atomic E-state index is 12.9. The monoisotopic (exact) mass is 292 g/mol. The molecule has 0 spiro atoms. The van der Waals surface area contributed by atoms with E-state index in [1.54, 1.807) is 19.1 Å². The highest BCUT2D eigenvalue weighted by atomic mass is 19.4. The Morgan fingerprint density at radius 1 is 1.24 bits per heavy atom. The molecule has 0 saturated heterocycles. The lowest BCUT2D eigenvalue weighted by Gasteiger charge is -2.13. The number of aromatic hydroxyl groups is 1. The number of nitrogens with zero attached hydrogens (tertiary/aromatic N) is 4. The van der Waals surface area contributed by atoms with Gasteiger partial charge in [0, 0.05) is 11.8 Å². The maximum absolute atomic E-state index is 12.9. The first-order chi connectivity index (χ1) is 9.77. The van der Waals surface area contributed by atoms with Crippen LogP contribution in [0.4, 0.5) is 13.2 Å². The molecule has 1 aromatic heterocycles. The molecule has 0 aliphatic carbocycles. The molecule has 1 N–H and O–H groups in total. The largest absolute Gasteiger partial charge is 0.505 e. The van der Waals surface area contributed by atoms with Crippen LogP contribution in [-0.4, -0.2) is 14.9 Å². The Labute approximate surface area is 117 Å². The van der Waals surface area contributed by atoms with Crippen LogP contribution in [0.5, 0.6) is 5.75 Å². The summed E-state index contributed by atoms with van der Waals surface area (Å²) in [4.78, 5) is 0. The van der Waals surface area contributed by atoms with Crippen LogP contribution in [0.1, 0.15) is 22.4 Å². The second kappa shape index (κ2) is 4.84. The molecule has 0 saturated carbocycles. The fourth-order valence-electron chi connectivity index (χ4n) is 1.77. The molecular weight excluding hydrogens is 285 g/mol. The standard InChI is InChI=1S/C13H7F3N4O/c1-7-6-20(19-10(7)5-18)11-3-8(4-17)2-9(12(11)21)13(14,15)16/h2-3,6,21H,1H3. The van der Waals surface area contributed by atoms with Crippen molar-refractivity contribution in [1.29, 1.82) is 10.5 Å². The number of nitriles is 2. The molecule has 8 heteroatoms. The van der Waals surface area contributed by atoms with Gasteiger partial charge in [-0.3, -0.25) is 0 Å². The minimum atomic E-state index is -4.81. The number of hydrogen-bond donors (Lipinski definition) is 1. The van der Waals surface area contributed by atoms with Crippen molar-refractivity contribution in [2.75, 3.05) is 0 Å². The van der Waals surface area contributed by atoms with Gasteiger partial charge in [-0.15, -0.1) is 0 Å². The van der Waals surface area contributed by atoms with Gasteiger partial charge in [0.15, 0.2) is 11.4 Å². The van der Waals surface area contributed by atoms with E-state index in [1.807, 2.05) is 0 Å². The highest BCUT2D eigenvalue weighted by molar-refractivity contribution is 5.57. The molecule has 21 heavy (non-hydrogen) atoms. The van der Waals surface area contributed by atoms with Gasteiger partial charge >= 0.3 is 6.18 Å². The van der Waals surface area contributed by atoms with Gasteiger partial charge in [0.05, 0.1) is 11.6 Å². The molecule has 2 aromatic rings. The van der Waals surface area contributed by atoms with E-state index >= 15 is 0 Å². The van der Waals surface area contributed by atoms with Crippen LogP contribution >= 0.6 is 0 Å². The smallest absolute Gasteiger partial charge is 0.420 e. The number of aromatic nitrogens is 2. The number of benzene rings is 1. The van der Waals surface area contributed by atoms with Crippen LogP contribution in [-0.2, 0) is 6.18 Å². The SMILES string of the molecule is Cc1cn(-c2cc(C#N)cc(C(F)(F)F)c2O)nc1C#N. The van der Waals surface area contributed by atoms with E-state index in [9.17, 15) is 18.3 Å². The molecule has 0 bridgehead atoms. The Balaban J connectivity index is 2.74. The Kier molecular flexibility index (Phi) is 3.32. The van der Waals surface area contributed by atoms with Crippen LogP contribution in [0.25, 0.3) is 5.69 Å². The van der Waals surface area contributed by atoms with E-state index in [4.69, 9.17) is 10.5 Å². The van der Waals surface area contributed by atoms with Crippen molar-refractivity contribution in [2.45, 2.75) is 13.1 Å². The molecule has 0 atom stereocenters. The molecule has 0 aliphatic heterocycles. The first-order valence-electron chi connectivity index (χ1n) is 5.59. The minimum Gasteiger partial charge on any atom is -0.505 e. The molecule has 1 heterocycles. The number of halogens is 3. The van der Waals surface area contributed by atoms with Gasteiger partial charge in [-0.2, -0.15) is 28.8 Å². The first kappa shape index (κ1) is 14.4. The highest BCUT2D eigenvalue weighted by Crippen LogP contribution is 2.39. The predicted molar refractivity (Wildman–Crippen MR) is 64.4 cm³/mol. The number of hydrogen-bond acceptors (Lipinski definition) is 4. The minimum absolute atomic E-state index is 0.0188. The van der Waals surface area contributed by atoms with Crippen LogP contribution in [0, 0.1) is 29.6 Å². The third-order valence-electron chi connectivity index (χ3n) is 2.77. The topological polar surface area (TPSA) is 85.6 Å². The maximum Gasteiger partial charge on any atom is 0.420 e. The van der Waals surface area contributed by atoms with Gasteiger partial charge < -0.3 is 5.11 Å². The van der Waals surface area contributed by atoms with E-state index in [0.29, 0.717) is 11.6 Å². The van der Waals surface area contributed by atoms with E-state index < -0.39 is 17.5 Å².